The number of fused-ring (bicyclic) bond motifs is 1. The van der Waals surface area contributed by atoms with E-state index in [9.17, 15) is 4.79 Å². The fraction of sp³-hybridized carbons (Fsp3) is 0.462. The number of hydrogen-bond donors (Lipinski definition) is 1. The van der Waals surface area contributed by atoms with Crippen LogP contribution in [0, 0.1) is 0 Å². The summed E-state index contributed by atoms with van der Waals surface area (Å²) in [6.45, 7) is 4.03. The Morgan fingerprint density at radius 1 is 1.53 bits per heavy atom. The summed E-state index contributed by atoms with van der Waals surface area (Å²) in [7, 11) is 1.57. The Kier molecular flexibility index (Phi) is 2.83. The van der Waals surface area contributed by atoms with Crippen LogP contribution in [0.1, 0.15) is 29.8 Å². The van der Waals surface area contributed by atoms with E-state index in [1.807, 2.05) is 19.9 Å². The largest absolute Gasteiger partial charge is 0.493 e. The average molecular weight is 235 g/mol. The highest BCUT2D eigenvalue weighted by Crippen LogP contribution is 2.42. The average Bonchev–Trinajstić information content (AvgIpc) is 2.60. The molecule has 0 atom stereocenters. The summed E-state index contributed by atoms with van der Waals surface area (Å²) >= 11 is 0. The van der Waals surface area contributed by atoms with E-state index in [4.69, 9.17) is 15.2 Å². The van der Waals surface area contributed by atoms with Crippen LogP contribution >= 0.6 is 0 Å². The van der Waals surface area contributed by atoms with Crippen molar-refractivity contribution in [3.05, 3.63) is 23.3 Å². The molecule has 1 aliphatic rings. The minimum absolute atomic E-state index is 0.00614. The quantitative estimate of drug-likeness (QED) is 0.807. The number of carbonyl (C=O) groups is 1. The minimum Gasteiger partial charge on any atom is -0.493 e. The topological polar surface area (TPSA) is 61.5 Å². The van der Waals surface area contributed by atoms with E-state index < -0.39 is 0 Å². The molecular weight excluding hydrogens is 218 g/mol. The molecule has 17 heavy (non-hydrogen) atoms. The summed E-state index contributed by atoms with van der Waals surface area (Å²) in [6, 6.07) is 3.54. The van der Waals surface area contributed by atoms with Gasteiger partial charge in [-0.3, -0.25) is 4.79 Å². The van der Waals surface area contributed by atoms with E-state index in [2.05, 4.69) is 0 Å². The summed E-state index contributed by atoms with van der Waals surface area (Å²) in [6.07, 6.45) is 0.768. The molecule has 1 aromatic rings. The van der Waals surface area contributed by atoms with Crippen molar-refractivity contribution < 1.29 is 14.3 Å². The van der Waals surface area contributed by atoms with E-state index in [-0.39, 0.29) is 17.9 Å². The fourth-order valence-electron chi connectivity index (χ4n) is 2.11. The first-order valence-corrected chi connectivity index (χ1v) is 5.60. The predicted octanol–water partition coefficient (Wildman–Crippen LogP) is 1.55. The van der Waals surface area contributed by atoms with Crippen molar-refractivity contribution in [3.8, 4) is 11.5 Å². The van der Waals surface area contributed by atoms with Crippen LogP contribution < -0.4 is 15.2 Å². The van der Waals surface area contributed by atoms with Gasteiger partial charge in [0, 0.05) is 17.5 Å². The third-order valence-corrected chi connectivity index (χ3v) is 2.85. The van der Waals surface area contributed by atoms with Gasteiger partial charge in [0.25, 0.3) is 0 Å². The van der Waals surface area contributed by atoms with Crippen molar-refractivity contribution in [2.75, 3.05) is 13.7 Å². The zero-order valence-electron chi connectivity index (χ0n) is 10.4. The van der Waals surface area contributed by atoms with E-state index >= 15 is 0 Å². The van der Waals surface area contributed by atoms with Gasteiger partial charge in [0.1, 0.15) is 5.60 Å². The molecule has 2 rings (SSSR count). The van der Waals surface area contributed by atoms with Crippen LogP contribution in [0.25, 0.3) is 0 Å². The molecule has 0 radical (unpaired) electrons. The van der Waals surface area contributed by atoms with Gasteiger partial charge in [-0.25, -0.2) is 0 Å². The van der Waals surface area contributed by atoms with Gasteiger partial charge in [-0.2, -0.15) is 0 Å². The van der Waals surface area contributed by atoms with Crippen molar-refractivity contribution in [2.24, 2.45) is 5.73 Å². The monoisotopic (exact) mass is 235 g/mol. The Balaban J connectivity index is 2.49. The zero-order valence-corrected chi connectivity index (χ0v) is 10.4. The SMILES string of the molecule is COc1cc(C(=O)CN)cc2c1OC(C)(C)C2. The van der Waals surface area contributed by atoms with Gasteiger partial charge < -0.3 is 15.2 Å². The van der Waals surface area contributed by atoms with Crippen LogP contribution in [0.2, 0.25) is 0 Å². The Labute approximate surface area is 101 Å². The lowest BCUT2D eigenvalue weighted by molar-refractivity contribution is 0.100. The molecule has 0 spiro atoms. The molecule has 4 nitrogen and oxygen atoms in total. The fourth-order valence-corrected chi connectivity index (χ4v) is 2.11. The summed E-state index contributed by atoms with van der Waals surface area (Å²) in [5.74, 6) is 1.26. The van der Waals surface area contributed by atoms with E-state index in [1.165, 1.54) is 0 Å². The Morgan fingerprint density at radius 3 is 2.82 bits per heavy atom. The van der Waals surface area contributed by atoms with E-state index in [0.717, 1.165) is 17.7 Å². The maximum Gasteiger partial charge on any atom is 0.176 e. The molecule has 4 heteroatoms. The second kappa shape index (κ2) is 4.04. The van der Waals surface area contributed by atoms with E-state index in [1.54, 1.807) is 13.2 Å². The van der Waals surface area contributed by atoms with Crippen LogP contribution in [-0.4, -0.2) is 25.0 Å². The van der Waals surface area contributed by atoms with Gasteiger partial charge in [-0.05, 0) is 26.0 Å². The maximum absolute atomic E-state index is 11.6. The molecule has 0 bridgehead atoms. The van der Waals surface area contributed by atoms with Gasteiger partial charge in [0.05, 0.1) is 13.7 Å². The highest BCUT2D eigenvalue weighted by molar-refractivity contribution is 5.98. The highest BCUT2D eigenvalue weighted by Gasteiger charge is 2.33. The second-order valence-electron chi connectivity index (χ2n) is 4.83. The summed E-state index contributed by atoms with van der Waals surface area (Å²) < 4.78 is 11.1. The number of hydrogen-bond acceptors (Lipinski definition) is 4. The van der Waals surface area contributed by atoms with Gasteiger partial charge in [0.2, 0.25) is 0 Å². The molecule has 0 amide bonds. The number of methoxy groups -OCH3 is 1. The van der Waals surface area contributed by atoms with Crippen molar-refractivity contribution in [1.82, 2.24) is 0 Å². The first kappa shape index (κ1) is 11.9. The Hall–Kier alpha value is -1.55. The van der Waals surface area contributed by atoms with Crippen molar-refractivity contribution >= 4 is 5.78 Å². The number of ketones is 1. The lowest BCUT2D eigenvalue weighted by Gasteiger charge is -2.17. The molecular formula is C13H17NO3. The molecule has 92 valence electrons. The molecule has 2 N–H and O–H groups in total. The standard InChI is InChI=1S/C13H17NO3/c1-13(2)6-9-4-8(10(15)7-14)5-11(16-3)12(9)17-13/h4-5H,6-7,14H2,1-3H3. The minimum atomic E-state index is -0.250. The number of rotatable bonds is 3. The van der Waals surface area contributed by atoms with Gasteiger partial charge in [-0.15, -0.1) is 0 Å². The molecule has 0 saturated heterocycles. The second-order valence-corrected chi connectivity index (χ2v) is 4.83. The number of nitrogens with two attached hydrogens (primary N) is 1. The highest BCUT2D eigenvalue weighted by atomic mass is 16.5. The molecule has 0 aliphatic carbocycles. The predicted molar refractivity (Wildman–Crippen MR) is 64.8 cm³/mol. The first-order valence-electron chi connectivity index (χ1n) is 5.60. The Morgan fingerprint density at radius 2 is 2.24 bits per heavy atom. The zero-order chi connectivity index (χ0) is 12.6. The molecule has 0 unspecified atom stereocenters. The molecule has 1 heterocycles. The first-order chi connectivity index (χ1) is 7.96. The third-order valence-electron chi connectivity index (χ3n) is 2.85. The van der Waals surface area contributed by atoms with Crippen LogP contribution in [-0.2, 0) is 6.42 Å². The summed E-state index contributed by atoms with van der Waals surface area (Å²) in [5, 5.41) is 0. The molecule has 1 aliphatic heterocycles. The third kappa shape index (κ3) is 2.13. The normalized spacial score (nSPS) is 16.2. The van der Waals surface area contributed by atoms with Crippen molar-refractivity contribution in [1.29, 1.82) is 0 Å². The smallest absolute Gasteiger partial charge is 0.176 e. The Bertz CT molecular complexity index is 466. The van der Waals surface area contributed by atoms with Crippen LogP contribution in [0.5, 0.6) is 11.5 Å². The number of benzene rings is 1. The van der Waals surface area contributed by atoms with Gasteiger partial charge in [-0.1, -0.05) is 0 Å². The lowest BCUT2D eigenvalue weighted by atomic mass is 9.98. The van der Waals surface area contributed by atoms with Crippen LogP contribution in [0.3, 0.4) is 0 Å². The van der Waals surface area contributed by atoms with Crippen molar-refractivity contribution in [2.45, 2.75) is 25.9 Å². The number of Topliss-reactive ketones (excluding diaryl/α,β-unsaturated/α-hetero) is 1. The summed E-state index contributed by atoms with van der Waals surface area (Å²) in [5.41, 5.74) is 6.72. The van der Waals surface area contributed by atoms with Crippen LogP contribution in [0.4, 0.5) is 0 Å². The van der Waals surface area contributed by atoms with Gasteiger partial charge >= 0.3 is 0 Å². The number of ether oxygens (including phenoxy) is 2. The maximum atomic E-state index is 11.6. The molecule has 0 fully saturated rings. The van der Waals surface area contributed by atoms with Crippen LogP contribution in [0.15, 0.2) is 12.1 Å². The van der Waals surface area contributed by atoms with Gasteiger partial charge in [0.15, 0.2) is 17.3 Å². The van der Waals surface area contributed by atoms with Crippen molar-refractivity contribution in [3.63, 3.8) is 0 Å². The molecule has 0 saturated carbocycles. The lowest BCUT2D eigenvalue weighted by Crippen LogP contribution is -2.24. The van der Waals surface area contributed by atoms with E-state index in [0.29, 0.717) is 11.3 Å². The molecule has 0 aromatic heterocycles. The molecule has 1 aromatic carbocycles. The summed E-state index contributed by atoms with van der Waals surface area (Å²) in [4.78, 5) is 11.6. The number of carbonyl (C=O) groups excluding carboxylic acids is 1.